The van der Waals surface area contributed by atoms with Crippen LogP contribution in [0, 0.1) is 11.8 Å². The summed E-state index contributed by atoms with van der Waals surface area (Å²) in [4.78, 5) is 93.2. The first kappa shape index (κ1) is 47.2. The monoisotopic (exact) mass is 804 g/mol. The van der Waals surface area contributed by atoms with Gasteiger partial charge in [-0.05, 0) is 80.9 Å². The number of rotatable bonds is 24. The fourth-order valence-electron chi connectivity index (χ4n) is 7.15. The van der Waals surface area contributed by atoms with E-state index in [9.17, 15) is 33.6 Å². The molecule has 5 atom stereocenters. The highest BCUT2D eigenvalue weighted by atomic mass is 16.2. The first-order valence-corrected chi connectivity index (χ1v) is 20.5. The van der Waals surface area contributed by atoms with E-state index in [1.807, 2.05) is 74.5 Å². The van der Waals surface area contributed by atoms with E-state index in [4.69, 9.17) is 17.2 Å². The predicted octanol–water partition coefficient (Wildman–Crippen LogP) is 1.40. The molecular weight excluding hydrogens is 741 g/mol. The molecular formula is C43H64N8O7. The second-order valence-electron chi connectivity index (χ2n) is 15.8. The molecule has 6 amide bonds. The number of likely N-dealkylation sites (tertiary alicyclic amines) is 1. The Hall–Kier alpha value is -5.15. The van der Waals surface area contributed by atoms with Crippen molar-refractivity contribution in [1.82, 2.24) is 26.2 Å². The smallest absolute Gasteiger partial charge is 0.245 e. The summed E-state index contributed by atoms with van der Waals surface area (Å²) in [5.41, 5.74) is 19.0. The second kappa shape index (κ2) is 24.6. The number of benzene rings is 2. The number of carbonyl (C=O) groups excluding carboxylic acids is 7. The lowest BCUT2D eigenvalue weighted by molar-refractivity contribution is -0.139. The van der Waals surface area contributed by atoms with Crippen molar-refractivity contribution < 1.29 is 33.6 Å². The summed E-state index contributed by atoms with van der Waals surface area (Å²) in [6, 6.07) is 13.9. The van der Waals surface area contributed by atoms with E-state index in [1.54, 1.807) is 4.90 Å². The van der Waals surface area contributed by atoms with E-state index in [2.05, 4.69) is 21.3 Å². The molecule has 3 rings (SSSR count). The van der Waals surface area contributed by atoms with Crippen LogP contribution in [0.5, 0.6) is 0 Å². The largest absolute Gasteiger partial charge is 0.370 e. The first-order valence-electron chi connectivity index (χ1n) is 20.5. The van der Waals surface area contributed by atoms with E-state index in [0.717, 1.165) is 11.1 Å². The Morgan fingerprint density at radius 1 is 0.707 bits per heavy atom. The van der Waals surface area contributed by atoms with Crippen LogP contribution in [0.2, 0.25) is 0 Å². The fraction of sp³-hybridized carbons (Fsp3) is 0.558. The van der Waals surface area contributed by atoms with Gasteiger partial charge in [-0.1, -0.05) is 74.5 Å². The average molecular weight is 805 g/mol. The molecule has 318 valence electrons. The molecule has 15 heteroatoms. The van der Waals surface area contributed by atoms with Crippen molar-refractivity contribution in [3.63, 3.8) is 0 Å². The van der Waals surface area contributed by atoms with Gasteiger partial charge in [0.2, 0.25) is 35.4 Å². The normalized spacial score (nSPS) is 15.7. The highest BCUT2D eigenvalue weighted by Gasteiger charge is 2.34. The maximum atomic E-state index is 14.0. The molecule has 0 spiro atoms. The summed E-state index contributed by atoms with van der Waals surface area (Å²) in [6.45, 7) is 6.31. The van der Waals surface area contributed by atoms with Crippen LogP contribution in [0.1, 0.15) is 89.7 Å². The zero-order valence-corrected chi connectivity index (χ0v) is 34.3. The Balaban J connectivity index is 1.71. The van der Waals surface area contributed by atoms with Gasteiger partial charge >= 0.3 is 0 Å². The molecule has 0 saturated carbocycles. The standard InChI is InChI=1S/C43H64N8O7/c1-28(2)24-36(50-42(57)37(26-31-14-8-5-9-15-31)49-40(55)33(45)25-30-12-6-4-7-13-30)41(56)48-35(16-10-11-21-44)43(58)51-22-19-32(20-23-51)27-38(53)34(47-29(3)52)17-18-39(46)54/h4-9,12-15,28,32-37H,10-11,16-27,44-45H2,1-3H3,(H2,46,54)(H,47,52)(H,48,56)(H,49,55)(H,50,57)/t33-,34+,35-,36-,37-/m1/s1. The number of nitrogens with zero attached hydrogens (tertiary/aromatic N) is 1. The molecule has 0 aromatic heterocycles. The maximum absolute atomic E-state index is 14.0. The Morgan fingerprint density at radius 3 is 1.81 bits per heavy atom. The topological polar surface area (TPSA) is 249 Å². The van der Waals surface area contributed by atoms with Gasteiger partial charge in [0.25, 0.3) is 0 Å². The van der Waals surface area contributed by atoms with Crippen LogP contribution < -0.4 is 38.5 Å². The molecule has 1 saturated heterocycles. The molecule has 2 aromatic rings. The van der Waals surface area contributed by atoms with Gasteiger partial charge in [0.1, 0.15) is 18.1 Å². The third kappa shape index (κ3) is 16.8. The Bertz CT molecular complexity index is 1650. The van der Waals surface area contributed by atoms with E-state index in [-0.39, 0.29) is 68.0 Å². The number of hydrogen-bond acceptors (Lipinski definition) is 9. The van der Waals surface area contributed by atoms with Crippen molar-refractivity contribution in [3.8, 4) is 0 Å². The number of nitrogens with two attached hydrogens (primary N) is 3. The van der Waals surface area contributed by atoms with E-state index in [1.165, 1.54) is 6.92 Å². The number of hydrogen-bond donors (Lipinski definition) is 7. The number of amides is 6. The van der Waals surface area contributed by atoms with Gasteiger partial charge in [0.05, 0.1) is 12.1 Å². The number of carbonyl (C=O) groups is 7. The summed E-state index contributed by atoms with van der Waals surface area (Å²) in [5, 5.41) is 11.3. The molecule has 10 N–H and O–H groups in total. The zero-order chi connectivity index (χ0) is 42.6. The van der Waals surface area contributed by atoms with Crippen molar-refractivity contribution in [3.05, 3.63) is 71.8 Å². The Morgan fingerprint density at radius 2 is 1.26 bits per heavy atom. The minimum Gasteiger partial charge on any atom is -0.370 e. The van der Waals surface area contributed by atoms with Crippen molar-refractivity contribution in [2.75, 3.05) is 19.6 Å². The lowest BCUT2D eigenvalue weighted by Crippen LogP contribution is -2.59. The van der Waals surface area contributed by atoms with E-state index >= 15 is 0 Å². The van der Waals surface area contributed by atoms with Crippen LogP contribution in [-0.4, -0.2) is 96.0 Å². The average Bonchev–Trinajstić information content (AvgIpc) is 3.18. The van der Waals surface area contributed by atoms with Crippen LogP contribution in [0.3, 0.4) is 0 Å². The van der Waals surface area contributed by atoms with Gasteiger partial charge in [-0.3, -0.25) is 33.6 Å². The maximum Gasteiger partial charge on any atom is 0.245 e. The van der Waals surface area contributed by atoms with Gasteiger partial charge in [-0.2, -0.15) is 0 Å². The molecule has 0 aliphatic carbocycles. The van der Waals surface area contributed by atoms with Crippen LogP contribution in [0.15, 0.2) is 60.7 Å². The van der Waals surface area contributed by atoms with Crippen LogP contribution in [0.25, 0.3) is 0 Å². The minimum atomic E-state index is -1.04. The van der Waals surface area contributed by atoms with E-state index in [0.29, 0.717) is 51.7 Å². The molecule has 15 nitrogen and oxygen atoms in total. The lowest BCUT2D eigenvalue weighted by Gasteiger charge is -2.35. The summed E-state index contributed by atoms with van der Waals surface area (Å²) in [7, 11) is 0. The number of Topliss-reactive ketones (excluding diaryl/α,β-unsaturated/α-hetero) is 1. The van der Waals surface area contributed by atoms with Gasteiger partial charge in [-0.25, -0.2) is 0 Å². The number of nitrogens with one attached hydrogen (secondary N) is 4. The van der Waals surface area contributed by atoms with Crippen molar-refractivity contribution in [2.45, 2.75) is 122 Å². The molecule has 1 aliphatic rings. The Labute approximate surface area is 342 Å². The number of primary amides is 1. The van der Waals surface area contributed by atoms with Gasteiger partial charge in [-0.15, -0.1) is 0 Å². The minimum absolute atomic E-state index is 0.00771. The third-order valence-corrected chi connectivity index (χ3v) is 10.3. The predicted molar refractivity (Wildman–Crippen MR) is 221 cm³/mol. The number of unbranched alkanes of at least 4 members (excludes halogenated alkanes) is 1. The van der Waals surface area contributed by atoms with Crippen molar-refractivity contribution >= 4 is 41.2 Å². The second-order valence-corrected chi connectivity index (χ2v) is 15.8. The highest BCUT2D eigenvalue weighted by molar-refractivity contribution is 5.95. The molecule has 58 heavy (non-hydrogen) atoms. The fourth-order valence-corrected chi connectivity index (χ4v) is 7.15. The molecule has 1 aliphatic heterocycles. The lowest BCUT2D eigenvalue weighted by atomic mass is 9.88. The SMILES string of the molecule is CC(=O)N[C@@H](CCC(N)=O)C(=O)CC1CCN(C(=O)[C@@H](CCCCN)NC(=O)[C@@H](CC(C)C)NC(=O)[C@@H](Cc2ccccc2)NC(=O)[C@H](N)Cc2ccccc2)CC1. The summed E-state index contributed by atoms with van der Waals surface area (Å²) < 4.78 is 0. The summed E-state index contributed by atoms with van der Waals surface area (Å²) in [5.74, 6) is -2.99. The van der Waals surface area contributed by atoms with E-state index < -0.39 is 53.8 Å². The quantitative estimate of drug-likeness (QED) is 0.0757. The Kier molecular flexibility index (Phi) is 20.0. The molecule has 0 bridgehead atoms. The van der Waals surface area contributed by atoms with Crippen molar-refractivity contribution in [1.29, 1.82) is 0 Å². The highest BCUT2D eigenvalue weighted by Crippen LogP contribution is 2.23. The first-order chi connectivity index (χ1) is 27.7. The number of piperidine rings is 1. The van der Waals surface area contributed by atoms with Crippen molar-refractivity contribution in [2.24, 2.45) is 29.0 Å². The van der Waals surface area contributed by atoms with Gasteiger partial charge < -0.3 is 43.4 Å². The molecule has 0 radical (unpaired) electrons. The zero-order valence-electron chi connectivity index (χ0n) is 34.3. The molecule has 0 unspecified atom stereocenters. The third-order valence-electron chi connectivity index (χ3n) is 10.3. The van der Waals surface area contributed by atoms with Gasteiger partial charge in [0, 0.05) is 39.3 Å². The van der Waals surface area contributed by atoms with Gasteiger partial charge in [0.15, 0.2) is 5.78 Å². The molecule has 2 aromatic carbocycles. The molecule has 1 heterocycles. The van der Waals surface area contributed by atoms with Crippen LogP contribution in [0.4, 0.5) is 0 Å². The number of ketones is 1. The van der Waals surface area contributed by atoms with Crippen LogP contribution in [-0.2, 0) is 46.4 Å². The summed E-state index contributed by atoms with van der Waals surface area (Å²) in [6.07, 6.45) is 3.65. The molecule has 1 fully saturated rings. The van der Waals surface area contributed by atoms with Crippen LogP contribution >= 0.6 is 0 Å². The summed E-state index contributed by atoms with van der Waals surface area (Å²) >= 11 is 0.